The Morgan fingerprint density at radius 3 is 2.58 bits per heavy atom. The SMILES string of the molecule is COC(=O)[C@H]1N(F)CCC1(C)C. The fourth-order valence-electron chi connectivity index (χ4n) is 1.59. The quantitative estimate of drug-likeness (QED) is 0.442. The fourth-order valence-corrected chi connectivity index (χ4v) is 1.59. The van der Waals surface area contributed by atoms with Crippen LogP contribution in [0.5, 0.6) is 0 Å². The zero-order valence-corrected chi connectivity index (χ0v) is 7.63. The highest BCUT2D eigenvalue weighted by Crippen LogP contribution is 2.36. The Morgan fingerprint density at radius 2 is 2.25 bits per heavy atom. The highest BCUT2D eigenvalue weighted by molar-refractivity contribution is 5.76. The van der Waals surface area contributed by atoms with Crippen molar-refractivity contribution in [2.75, 3.05) is 13.7 Å². The summed E-state index contributed by atoms with van der Waals surface area (Å²) in [6, 6.07) is -0.734. The molecule has 0 aromatic carbocycles. The maximum atomic E-state index is 13.1. The van der Waals surface area contributed by atoms with Crippen molar-refractivity contribution < 1.29 is 14.0 Å². The molecule has 0 spiro atoms. The van der Waals surface area contributed by atoms with Gasteiger partial charge < -0.3 is 4.74 Å². The third-order valence-corrected chi connectivity index (χ3v) is 2.41. The second-order valence-corrected chi connectivity index (χ2v) is 3.79. The number of hydrogen-bond acceptors (Lipinski definition) is 3. The van der Waals surface area contributed by atoms with E-state index in [1.807, 2.05) is 13.8 Å². The first-order chi connectivity index (χ1) is 5.49. The number of rotatable bonds is 1. The van der Waals surface area contributed by atoms with Crippen molar-refractivity contribution in [3.8, 4) is 0 Å². The van der Waals surface area contributed by atoms with Crippen LogP contribution in [0.1, 0.15) is 20.3 Å². The van der Waals surface area contributed by atoms with Crippen molar-refractivity contribution in [3.63, 3.8) is 0 Å². The molecule has 1 saturated heterocycles. The lowest BCUT2D eigenvalue weighted by Gasteiger charge is -2.25. The first-order valence-electron chi connectivity index (χ1n) is 3.99. The van der Waals surface area contributed by atoms with E-state index < -0.39 is 12.0 Å². The Kier molecular flexibility index (Phi) is 2.37. The lowest BCUT2D eigenvalue weighted by atomic mass is 9.85. The Balaban J connectivity index is 2.78. The van der Waals surface area contributed by atoms with Gasteiger partial charge in [-0.2, -0.15) is 0 Å². The van der Waals surface area contributed by atoms with E-state index in [2.05, 4.69) is 4.74 Å². The largest absolute Gasteiger partial charge is 0.468 e. The zero-order chi connectivity index (χ0) is 9.35. The van der Waals surface area contributed by atoms with E-state index in [4.69, 9.17) is 0 Å². The van der Waals surface area contributed by atoms with E-state index in [-0.39, 0.29) is 5.41 Å². The fraction of sp³-hybridized carbons (Fsp3) is 0.875. The molecule has 0 N–H and O–H groups in total. The molecule has 0 aliphatic carbocycles. The maximum Gasteiger partial charge on any atom is 0.326 e. The molecule has 1 heterocycles. The van der Waals surface area contributed by atoms with Gasteiger partial charge in [-0.05, 0) is 11.8 Å². The molecule has 0 aromatic rings. The number of methoxy groups -OCH3 is 1. The van der Waals surface area contributed by atoms with Gasteiger partial charge in [-0.1, -0.05) is 13.8 Å². The topological polar surface area (TPSA) is 29.5 Å². The predicted octanol–water partition coefficient (Wildman–Crippen LogP) is 1.14. The van der Waals surface area contributed by atoms with Crippen molar-refractivity contribution in [3.05, 3.63) is 0 Å². The van der Waals surface area contributed by atoms with Gasteiger partial charge in [0.2, 0.25) is 0 Å². The minimum absolute atomic E-state index is 0.312. The Labute approximate surface area is 71.4 Å². The molecule has 12 heavy (non-hydrogen) atoms. The second-order valence-electron chi connectivity index (χ2n) is 3.79. The summed E-state index contributed by atoms with van der Waals surface area (Å²) in [4.78, 5) is 11.1. The van der Waals surface area contributed by atoms with Gasteiger partial charge in [0.15, 0.2) is 0 Å². The molecule has 1 rings (SSSR count). The minimum Gasteiger partial charge on any atom is -0.468 e. The molecule has 1 fully saturated rings. The van der Waals surface area contributed by atoms with E-state index in [1.54, 1.807) is 0 Å². The average Bonchev–Trinajstić information content (AvgIpc) is 2.25. The summed E-state index contributed by atoms with van der Waals surface area (Å²) in [5.41, 5.74) is -0.318. The van der Waals surface area contributed by atoms with Crippen LogP contribution in [0, 0.1) is 5.41 Å². The number of halogens is 1. The molecular weight excluding hydrogens is 161 g/mol. The molecule has 0 amide bonds. The molecular formula is C8H14FNO2. The molecule has 0 radical (unpaired) electrons. The van der Waals surface area contributed by atoms with Crippen LogP contribution in [0.3, 0.4) is 0 Å². The standard InChI is InChI=1S/C8H14FNO2/c1-8(2)4-5-10(9)6(8)7(11)12-3/h6H,4-5H2,1-3H3/t6-/m1/s1. The van der Waals surface area contributed by atoms with Crippen LogP contribution in [-0.4, -0.2) is 30.8 Å². The van der Waals surface area contributed by atoms with Crippen molar-refractivity contribution in [2.45, 2.75) is 26.3 Å². The maximum absolute atomic E-state index is 13.1. The van der Waals surface area contributed by atoms with Gasteiger partial charge in [0.05, 0.1) is 7.11 Å². The third kappa shape index (κ3) is 1.43. The number of carbonyl (C=O) groups excluding carboxylic acids is 1. The monoisotopic (exact) mass is 175 g/mol. The van der Waals surface area contributed by atoms with Gasteiger partial charge in [0.25, 0.3) is 0 Å². The molecule has 0 bridgehead atoms. The highest BCUT2D eigenvalue weighted by Gasteiger charge is 2.46. The molecule has 0 unspecified atom stereocenters. The van der Waals surface area contributed by atoms with Crippen LogP contribution < -0.4 is 0 Å². The average molecular weight is 175 g/mol. The van der Waals surface area contributed by atoms with Crippen molar-refractivity contribution in [1.82, 2.24) is 5.12 Å². The Hall–Kier alpha value is -0.640. The van der Waals surface area contributed by atoms with E-state index >= 15 is 0 Å². The lowest BCUT2D eigenvalue weighted by molar-refractivity contribution is -0.156. The molecule has 0 saturated carbocycles. The van der Waals surface area contributed by atoms with Crippen molar-refractivity contribution >= 4 is 5.97 Å². The molecule has 3 nitrogen and oxygen atoms in total. The van der Waals surface area contributed by atoms with E-state index in [0.717, 1.165) is 0 Å². The molecule has 4 heteroatoms. The smallest absolute Gasteiger partial charge is 0.326 e. The van der Waals surface area contributed by atoms with E-state index in [1.165, 1.54) is 7.11 Å². The van der Waals surface area contributed by atoms with Crippen LogP contribution in [0.4, 0.5) is 4.48 Å². The summed E-state index contributed by atoms with van der Waals surface area (Å²) in [5.74, 6) is -0.486. The number of ether oxygens (including phenoxy) is 1. The lowest BCUT2D eigenvalue weighted by Crippen LogP contribution is -2.40. The van der Waals surface area contributed by atoms with E-state index in [0.29, 0.717) is 18.1 Å². The summed E-state index contributed by atoms with van der Waals surface area (Å²) < 4.78 is 17.6. The summed E-state index contributed by atoms with van der Waals surface area (Å²) >= 11 is 0. The predicted molar refractivity (Wildman–Crippen MR) is 42.0 cm³/mol. The molecule has 1 aliphatic rings. The first kappa shape index (κ1) is 9.45. The van der Waals surface area contributed by atoms with Gasteiger partial charge in [0.1, 0.15) is 6.04 Å². The second kappa shape index (κ2) is 3.01. The van der Waals surface area contributed by atoms with E-state index in [9.17, 15) is 9.28 Å². The zero-order valence-electron chi connectivity index (χ0n) is 7.63. The number of esters is 1. The summed E-state index contributed by atoms with van der Waals surface area (Å²) in [7, 11) is 1.28. The molecule has 70 valence electrons. The van der Waals surface area contributed by atoms with Gasteiger partial charge in [-0.25, -0.2) is 0 Å². The molecule has 0 aromatic heterocycles. The summed E-state index contributed by atoms with van der Waals surface area (Å²) in [6.07, 6.45) is 0.684. The van der Waals surface area contributed by atoms with Crippen LogP contribution in [0.2, 0.25) is 0 Å². The summed E-state index contributed by atoms with van der Waals surface area (Å²) in [6.45, 7) is 4.05. The summed E-state index contributed by atoms with van der Waals surface area (Å²) in [5, 5.41) is 0.561. The molecule has 1 atom stereocenters. The Morgan fingerprint density at radius 1 is 1.67 bits per heavy atom. The van der Waals surface area contributed by atoms with Crippen LogP contribution in [0.25, 0.3) is 0 Å². The van der Waals surface area contributed by atoms with Gasteiger partial charge in [-0.15, -0.1) is 9.60 Å². The van der Waals surface area contributed by atoms with Crippen LogP contribution in [0.15, 0.2) is 0 Å². The highest BCUT2D eigenvalue weighted by atomic mass is 19.2. The van der Waals surface area contributed by atoms with Crippen molar-refractivity contribution in [2.24, 2.45) is 5.41 Å². The minimum atomic E-state index is -0.734. The van der Waals surface area contributed by atoms with Crippen LogP contribution >= 0.6 is 0 Å². The first-order valence-corrected chi connectivity index (χ1v) is 3.99. The number of hydrogen-bond donors (Lipinski definition) is 0. The van der Waals surface area contributed by atoms with Gasteiger partial charge in [0, 0.05) is 6.54 Å². The number of nitrogens with zero attached hydrogens (tertiary/aromatic N) is 1. The third-order valence-electron chi connectivity index (χ3n) is 2.41. The van der Waals surface area contributed by atoms with Crippen molar-refractivity contribution in [1.29, 1.82) is 0 Å². The van der Waals surface area contributed by atoms with Gasteiger partial charge >= 0.3 is 5.97 Å². The normalized spacial score (nSPS) is 28.8. The van der Waals surface area contributed by atoms with Crippen LogP contribution in [-0.2, 0) is 9.53 Å². The van der Waals surface area contributed by atoms with Gasteiger partial charge in [-0.3, -0.25) is 4.79 Å². The molecule has 1 aliphatic heterocycles. The Bertz CT molecular complexity index is 193. The number of carbonyl (C=O) groups is 1.